The molecule has 0 aliphatic carbocycles. The molecule has 0 bridgehead atoms. The normalized spacial score (nSPS) is 13.2. The van der Waals surface area contributed by atoms with Gasteiger partial charge in [-0.25, -0.2) is 4.98 Å². The Hall–Kier alpha value is -1.55. The highest BCUT2D eigenvalue weighted by Gasteiger charge is 2.14. The Labute approximate surface area is 113 Å². The van der Waals surface area contributed by atoms with Gasteiger partial charge in [-0.2, -0.15) is 11.8 Å². The van der Waals surface area contributed by atoms with Crippen LogP contribution in [0.2, 0.25) is 0 Å². The number of carbonyl (C=O) groups is 1. The van der Waals surface area contributed by atoms with E-state index in [1.54, 1.807) is 6.20 Å². The minimum absolute atomic E-state index is 0.0125. The quantitative estimate of drug-likeness (QED) is 0.850. The van der Waals surface area contributed by atoms with Crippen molar-refractivity contribution in [2.24, 2.45) is 0 Å². The Kier molecular flexibility index (Phi) is 3.46. The number of rotatable bonds is 3. The molecule has 1 atom stereocenters. The zero-order valence-corrected chi connectivity index (χ0v) is 11.5. The van der Waals surface area contributed by atoms with Crippen LogP contribution in [0.1, 0.15) is 18.7 Å². The van der Waals surface area contributed by atoms with Gasteiger partial charge in [-0.05, 0) is 20.1 Å². The Morgan fingerprint density at radius 3 is 2.72 bits per heavy atom. The fraction of sp³-hybridized carbons (Fsp3) is 0.286. The van der Waals surface area contributed by atoms with Crippen LogP contribution in [0.15, 0.2) is 36.8 Å². The first-order chi connectivity index (χ1) is 9.02. The van der Waals surface area contributed by atoms with Gasteiger partial charge in [0.15, 0.2) is 0 Å². The van der Waals surface area contributed by atoms with Crippen LogP contribution < -0.4 is 0 Å². The maximum absolute atomic E-state index is 12.1. The zero-order valence-electron chi connectivity index (χ0n) is 11.7. The molecule has 3 nitrogen and oxygen atoms in total. The third kappa shape index (κ3) is 2.64. The van der Waals surface area contributed by atoms with Gasteiger partial charge in [-0.1, -0.05) is 29.8 Å². The number of imidazole rings is 1. The van der Waals surface area contributed by atoms with Crippen LogP contribution in [0, 0.1) is 6.92 Å². The van der Waals surface area contributed by atoms with Gasteiger partial charge in [-0.3, -0.25) is 9.36 Å². The van der Waals surface area contributed by atoms with Crippen LogP contribution in [0.25, 0.3) is 11.3 Å². The van der Waals surface area contributed by atoms with E-state index in [9.17, 15) is 4.79 Å². The van der Waals surface area contributed by atoms with Crippen molar-refractivity contribution in [3.8, 4) is 11.3 Å². The molecular formula is C14H16N2OS. The highest BCUT2D eigenvalue weighted by Crippen LogP contribution is 2.18. The number of thioether (sulfide) groups is 1. The van der Waals surface area contributed by atoms with E-state index in [0.29, 0.717) is 5.69 Å². The first-order valence-corrected chi connectivity index (χ1v) is 7.01. The van der Waals surface area contributed by atoms with Crippen LogP contribution >= 0.6 is 11.8 Å². The number of nitrogens with zero attached hydrogens (tertiary/aromatic N) is 2. The van der Waals surface area contributed by atoms with E-state index in [2.05, 4.69) is 4.98 Å². The largest absolute Gasteiger partial charge is 0.275 e. The summed E-state index contributed by atoms with van der Waals surface area (Å²) in [6.45, 7) is 3.85. The molecule has 4 heteroatoms. The first kappa shape index (κ1) is 11.5. The highest BCUT2D eigenvalue weighted by molar-refractivity contribution is 7.99. The van der Waals surface area contributed by atoms with Crippen molar-refractivity contribution in [1.29, 1.82) is 0 Å². The minimum atomic E-state index is -0.177. The molecular weight excluding hydrogens is 244 g/mol. The van der Waals surface area contributed by atoms with Gasteiger partial charge in [0.1, 0.15) is 7.67 Å². The lowest BCUT2D eigenvalue weighted by molar-refractivity contribution is 0.0915. The summed E-state index contributed by atoms with van der Waals surface area (Å²) >= 11 is 1.46. The molecule has 2 rings (SSSR count). The van der Waals surface area contributed by atoms with E-state index in [0.717, 1.165) is 5.56 Å². The van der Waals surface area contributed by atoms with Gasteiger partial charge < -0.3 is 0 Å². The Morgan fingerprint density at radius 2 is 2.11 bits per heavy atom. The number of aryl methyl sites for hydroxylation is 1. The van der Waals surface area contributed by atoms with Gasteiger partial charge in [0.25, 0.3) is 0 Å². The Balaban J connectivity index is 2.36. The number of aromatic nitrogens is 2. The van der Waals surface area contributed by atoms with Crippen molar-refractivity contribution in [1.82, 2.24) is 9.55 Å². The van der Waals surface area contributed by atoms with Crippen LogP contribution in [-0.2, 0) is 0 Å². The molecule has 0 aliphatic rings. The molecule has 0 amide bonds. The van der Waals surface area contributed by atoms with Gasteiger partial charge in [0.05, 0.1) is 10.9 Å². The standard InChI is InChI=1S/C14H16N2OS/c1-10-4-6-12(7-5-10)13-8-16(9-15-13)14(17)11(2)18-3/h4-9,11H,1-3H3/i9D. The van der Waals surface area contributed by atoms with Crippen LogP contribution in [0.3, 0.4) is 0 Å². The SMILES string of the molecule is [2H]c1nc(-c2ccc(C)cc2)cn1C(=O)C(C)SC. The van der Waals surface area contributed by atoms with Crippen molar-refractivity contribution >= 4 is 17.7 Å². The summed E-state index contributed by atoms with van der Waals surface area (Å²) in [6.07, 6.45) is 3.51. The van der Waals surface area contributed by atoms with Crippen molar-refractivity contribution in [2.45, 2.75) is 19.1 Å². The third-order valence-corrected chi connectivity index (χ3v) is 3.72. The maximum atomic E-state index is 12.1. The lowest BCUT2D eigenvalue weighted by Gasteiger charge is -2.06. The van der Waals surface area contributed by atoms with Gasteiger partial charge >= 0.3 is 0 Å². The molecule has 2 aromatic rings. The van der Waals surface area contributed by atoms with E-state index >= 15 is 0 Å². The molecule has 0 saturated heterocycles. The lowest BCUT2D eigenvalue weighted by Crippen LogP contribution is -2.19. The van der Waals surface area contributed by atoms with E-state index in [-0.39, 0.29) is 17.5 Å². The van der Waals surface area contributed by atoms with E-state index in [1.807, 2.05) is 44.4 Å². The van der Waals surface area contributed by atoms with Crippen LogP contribution in [0.4, 0.5) is 0 Å². The summed E-state index contributed by atoms with van der Waals surface area (Å²) in [7, 11) is 0. The minimum Gasteiger partial charge on any atom is -0.275 e. The monoisotopic (exact) mass is 261 g/mol. The predicted molar refractivity (Wildman–Crippen MR) is 76.0 cm³/mol. The second kappa shape index (κ2) is 5.40. The number of hydrogen-bond acceptors (Lipinski definition) is 3. The number of carbonyl (C=O) groups excluding carboxylic acids is 1. The van der Waals surface area contributed by atoms with Crippen LogP contribution in [-0.4, -0.2) is 27.0 Å². The van der Waals surface area contributed by atoms with Crippen molar-refractivity contribution in [3.63, 3.8) is 0 Å². The lowest BCUT2D eigenvalue weighted by atomic mass is 10.1. The second-order valence-corrected chi connectivity index (χ2v) is 5.36. The molecule has 0 radical (unpaired) electrons. The average molecular weight is 261 g/mol. The summed E-state index contributed by atoms with van der Waals surface area (Å²) < 4.78 is 9.12. The second-order valence-electron chi connectivity index (χ2n) is 4.18. The average Bonchev–Trinajstić information content (AvgIpc) is 2.80. The maximum Gasteiger partial charge on any atom is 0.244 e. The number of hydrogen-bond donors (Lipinski definition) is 0. The molecule has 18 heavy (non-hydrogen) atoms. The topological polar surface area (TPSA) is 34.9 Å². The number of benzene rings is 1. The summed E-state index contributed by atoms with van der Waals surface area (Å²) in [5.74, 6) is -0.108. The third-order valence-electron chi connectivity index (χ3n) is 2.82. The van der Waals surface area contributed by atoms with Gasteiger partial charge in [0.2, 0.25) is 5.91 Å². The van der Waals surface area contributed by atoms with E-state index in [1.165, 1.54) is 21.9 Å². The molecule has 1 aromatic carbocycles. The highest BCUT2D eigenvalue weighted by atomic mass is 32.2. The summed E-state index contributed by atoms with van der Waals surface area (Å²) in [5, 5.41) is -0.177. The van der Waals surface area contributed by atoms with Crippen molar-refractivity contribution in [2.75, 3.05) is 6.26 Å². The van der Waals surface area contributed by atoms with Crippen molar-refractivity contribution in [3.05, 3.63) is 42.3 Å². The molecule has 1 aromatic heterocycles. The predicted octanol–water partition coefficient (Wildman–Crippen LogP) is 3.25. The molecule has 0 fully saturated rings. The van der Waals surface area contributed by atoms with E-state index in [4.69, 9.17) is 1.37 Å². The molecule has 0 spiro atoms. The molecule has 0 N–H and O–H groups in total. The zero-order chi connectivity index (χ0) is 14.0. The Bertz CT molecular complexity index is 592. The van der Waals surface area contributed by atoms with Crippen LogP contribution in [0.5, 0.6) is 0 Å². The Morgan fingerprint density at radius 1 is 1.44 bits per heavy atom. The van der Waals surface area contributed by atoms with Crippen molar-refractivity contribution < 1.29 is 6.17 Å². The molecule has 1 heterocycles. The van der Waals surface area contributed by atoms with Gasteiger partial charge in [-0.15, -0.1) is 0 Å². The molecule has 0 aliphatic heterocycles. The molecule has 94 valence electrons. The smallest absolute Gasteiger partial charge is 0.244 e. The molecule has 0 saturated carbocycles. The molecule has 1 unspecified atom stereocenters. The fourth-order valence-electron chi connectivity index (χ4n) is 1.56. The fourth-order valence-corrected chi connectivity index (χ4v) is 1.88. The summed E-state index contributed by atoms with van der Waals surface area (Å²) in [5.41, 5.74) is 2.75. The van der Waals surface area contributed by atoms with Gasteiger partial charge in [0, 0.05) is 11.8 Å². The van der Waals surface area contributed by atoms with E-state index < -0.39 is 0 Å². The first-order valence-electron chi connectivity index (χ1n) is 6.23. The summed E-state index contributed by atoms with van der Waals surface area (Å²) in [6, 6.07) is 7.88. The summed E-state index contributed by atoms with van der Waals surface area (Å²) in [4.78, 5) is 16.2.